The summed E-state index contributed by atoms with van der Waals surface area (Å²) >= 11 is 0. The van der Waals surface area contributed by atoms with E-state index in [2.05, 4.69) is 5.32 Å². The Morgan fingerprint density at radius 3 is 2.20 bits per heavy atom. The Bertz CT molecular complexity index is 1560. The highest BCUT2D eigenvalue weighted by molar-refractivity contribution is 6.11. The van der Waals surface area contributed by atoms with Crippen molar-refractivity contribution in [2.24, 2.45) is 7.05 Å². The van der Waals surface area contributed by atoms with E-state index in [1.54, 1.807) is 32.9 Å². The second kappa shape index (κ2) is 9.10. The molecule has 7 heteroatoms. The van der Waals surface area contributed by atoms with Gasteiger partial charge < -0.3 is 28.5 Å². The highest BCUT2D eigenvalue weighted by Crippen LogP contribution is 2.46. The molecule has 5 rings (SSSR count). The van der Waals surface area contributed by atoms with Gasteiger partial charge in [-0.25, -0.2) is 0 Å². The van der Waals surface area contributed by atoms with Crippen molar-refractivity contribution in [3.8, 4) is 28.4 Å². The van der Waals surface area contributed by atoms with E-state index < -0.39 is 0 Å². The molecule has 0 unspecified atom stereocenters. The smallest absolute Gasteiger partial charge is 0.262 e. The maximum Gasteiger partial charge on any atom is 0.262 e. The van der Waals surface area contributed by atoms with Crippen molar-refractivity contribution < 1.29 is 18.6 Å². The summed E-state index contributed by atoms with van der Waals surface area (Å²) in [5.41, 5.74) is 3.61. The zero-order valence-corrected chi connectivity index (χ0v) is 20.0. The number of hydrogen-bond acceptors (Lipinski definition) is 6. The Morgan fingerprint density at radius 1 is 0.886 bits per heavy atom. The maximum absolute atomic E-state index is 13.6. The summed E-state index contributed by atoms with van der Waals surface area (Å²) in [7, 11) is 6.46. The number of pyridine rings is 1. The number of rotatable bonds is 7. The summed E-state index contributed by atoms with van der Waals surface area (Å²) in [5.74, 6) is 1.95. The van der Waals surface area contributed by atoms with Crippen LogP contribution < -0.4 is 25.1 Å². The molecular formula is C28H26N2O5. The van der Waals surface area contributed by atoms with Gasteiger partial charge in [0.05, 0.1) is 37.8 Å². The molecule has 35 heavy (non-hydrogen) atoms. The zero-order valence-electron chi connectivity index (χ0n) is 20.0. The lowest BCUT2D eigenvalue weighted by Gasteiger charge is -2.15. The van der Waals surface area contributed by atoms with E-state index in [0.717, 1.165) is 16.5 Å². The number of ether oxygens (including phenoxy) is 3. The predicted molar refractivity (Wildman–Crippen MR) is 138 cm³/mol. The van der Waals surface area contributed by atoms with Gasteiger partial charge in [0.15, 0.2) is 17.1 Å². The molecule has 0 saturated carbocycles. The van der Waals surface area contributed by atoms with Gasteiger partial charge in [0, 0.05) is 19.0 Å². The minimum atomic E-state index is -0.154. The number of aromatic nitrogens is 1. The second-order valence-electron chi connectivity index (χ2n) is 8.14. The fourth-order valence-electron chi connectivity index (χ4n) is 4.46. The van der Waals surface area contributed by atoms with Crippen LogP contribution in [0, 0.1) is 0 Å². The third-order valence-corrected chi connectivity index (χ3v) is 6.19. The van der Waals surface area contributed by atoms with Crippen LogP contribution in [0.25, 0.3) is 33.0 Å². The second-order valence-corrected chi connectivity index (χ2v) is 8.14. The summed E-state index contributed by atoms with van der Waals surface area (Å²) < 4.78 is 24.7. The number of nitrogens with zero attached hydrogens (tertiary/aromatic N) is 1. The Balaban J connectivity index is 1.82. The van der Waals surface area contributed by atoms with Gasteiger partial charge in [0.2, 0.25) is 11.6 Å². The van der Waals surface area contributed by atoms with Crippen LogP contribution in [0.3, 0.4) is 0 Å². The third kappa shape index (κ3) is 3.75. The van der Waals surface area contributed by atoms with Gasteiger partial charge in [0.1, 0.15) is 0 Å². The fourth-order valence-corrected chi connectivity index (χ4v) is 4.46. The van der Waals surface area contributed by atoms with Crippen LogP contribution >= 0.6 is 0 Å². The van der Waals surface area contributed by atoms with E-state index in [1.807, 2.05) is 66.7 Å². The van der Waals surface area contributed by atoms with Crippen LogP contribution in [0.2, 0.25) is 0 Å². The summed E-state index contributed by atoms with van der Waals surface area (Å²) in [6, 6.07) is 21.4. The number of aryl methyl sites for hydroxylation is 1. The first kappa shape index (κ1) is 22.4. The normalized spacial score (nSPS) is 11.1. The van der Waals surface area contributed by atoms with Crippen molar-refractivity contribution in [1.82, 2.24) is 4.57 Å². The van der Waals surface area contributed by atoms with Gasteiger partial charge >= 0.3 is 0 Å². The van der Waals surface area contributed by atoms with Crippen LogP contribution in [0.1, 0.15) is 5.56 Å². The molecule has 0 saturated heterocycles. The Labute approximate surface area is 202 Å². The van der Waals surface area contributed by atoms with Crippen molar-refractivity contribution in [3.63, 3.8) is 0 Å². The van der Waals surface area contributed by atoms with Crippen molar-refractivity contribution in [3.05, 3.63) is 82.6 Å². The van der Waals surface area contributed by atoms with Gasteiger partial charge in [-0.3, -0.25) is 4.79 Å². The Hall–Kier alpha value is -4.39. The first-order valence-corrected chi connectivity index (χ1v) is 11.2. The summed E-state index contributed by atoms with van der Waals surface area (Å²) in [4.78, 5) is 13.6. The van der Waals surface area contributed by atoms with E-state index in [9.17, 15) is 4.79 Å². The molecule has 0 fully saturated rings. The molecule has 0 radical (unpaired) electrons. The zero-order chi connectivity index (χ0) is 24.5. The number of fused-ring (bicyclic) bond motifs is 3. The molecule has 0 spiro atoms. The Morgan fingerprint density at radius 2 is 1.54 bits per heavy atom. The molecule has 0 atom stereocenters. The van der Waals surface area contributed by atoms with E-state index in [1.165, 1.54) is 0 Å². The van der Waals surface area contributed by atoms with Crippen LogP contribution in [0.5, 0.6) is 17.2 Å². The fraction of sp³-hybridized carbons (Fsp3) is 0.179. The average molecular weight is 471 g/mol. The van der Waals surface area contributed by atoms with Gasteiger partial charge in [-0.1, -0.05) is 42.5 Å². The summed E-state index contributed by atoms with van der Waals surface area (Å²) in [6.07, 6.45) is 0. The van der Waals surface area contributed by atoms with Gasteiger partial charge in [-0.2, -0.15) is 0 Å². The van der Waals surface area contributed by atoms with Crippen LogP contribution in [0.15, 0.2) is 75.9 Å². The number of methoxy groups -OCH3 is 3. The van der Waals surface area contributed by atoms with E-state index >= 15 is 0 Å². The first-order chi connectivity index (χ1) is 17.1. The molecular weight excluding hydrogens is 444 g/mol. The largest absolute Gasteiger partial charge is 0.493 e. The summed E-state index contributed by atoms with van der Waals surface area (Å²) in [5, 5.41) is 4.74. The van der Waals surface area contributed by atoms with Gasteiger partial charge in [0.25, 0.3) is 5.56 Å². The lowest BCUT2D eigenvalue weighted by Crippen LogP contribution is -2.17. The molecule has 3 aromatic carbocycles. The highest BCUT2D eigenvalue weighted by Gasteiger charge is 2.25. The van der Waals surface area contributed by atoms with Crippen LogP contribution in [-0.4, -0.2) is 25.9 Å². The molecule has 0 aliphatic heterocycles. The lowest BCUT2D eigenvalue weighted by molar-refractivity contribution is 0.324. The molecule has 7 nitrogen and oxygen atoms in total. The third-order valence-electron chi connectivity index (χ3n) is 6.19. The predicted octanol–water partition coefficient (Wildman–Crippen LogP) is 5.59. The summed E-state index contributed by atoms with van der Waals surface area (Å²) in [6.45, 7) is 0.524. The van der Waals surface area contributed by atoms with E-state index in [4.69, 9.17) is 18.6 Å². The lowest BCUT2D eigenvalue weighted by atomic mass is 10.0. The molecule has 0 amide bonds. The molecule has 2 aromatic heterocycles. The van der Waals surface area contributed by atoms with Crippen molar-refractivity contribution in [2.45, 2.75) is 6.54 Å². The number of para-hydroxylation sites is 1. The Kier molecular flexibility index (Phi) is 5.82. The van der Waals surface area contributed by atoms with Gasteiger partial charge in [-0.15, -0.1) is 0 Å². The van der Waals surface area contributed by atoms with Crippen LogP contribution in [-0.2, 0) is 13.6 Å². The quantitative estimate of drug-likeness (QED) is 0.334. The minimum Gasteiger partial charge on any atom is -0.493 e. The number of anilines is 1. The van der Waals surface area contributed by atoms with Crippen molar-refractivity contribution >= 4 is 27.8 Å². The maximum atomic E-state index is 13.6. The standard InChI is InChI=1S/C28H26N2O5/c1-30-20-13-9-8-12-19(20)25-24(28(30)31)23(27(35-25)29-16-17-10-6-5-7-11-17)18-14-21(32-2)26(34-4)22(15-18)33-3/h5-15,29H,16H2,1-4H3. The molecule has 178 valence electrons. The van der Waals surface area contributed by atoms with E-state index in [0.29, 0.717) is 51.8 Å². The molecule has 0 aliphatic carbocycles. The van der Waals surface area contributed by atoms with Crippen molar-refractivity contribution in [2.75, 3.05) is 26.6 Å². The van der Waals surface area contributed by atoms with Crippen LogP contribution in [0.4, 0.5) is 5.88 Å². The highest BCUT2D eigenvalue weighted by atomic mass is 16.5. The minimum absolute atomic E-state index is 0.154. The average Bonchev–Trinajstić information content (AvgIpc) is 3.30. The topological polar surface area (TPSA) is 74.9 Å². The number of furan rings is 1. The number of nitrogens with one attached hydrogen (secondary N) is 1. The molecule has 2 heterocycles. The number of benzene rings is 3. The number of hydrogen-bond donors (Lipinski definition) is 1. The SMILES string of the molecule is COc1cc(-c2c(NCc3ccccc3)oc3c2c(=O)n(C)c2ccccc32)cc(OC)c1OC. The molecule has 0 bridgehead atoms. The molecule has 1 N–H and O–H groups in total. The van der Waals surface area contributed by atoms with Gasteiger partial charge in [-0.05, 0) is 35.4 Å². The monoisotopic (exact) mass is 470 g/mol. The van der Waals surface area contributed by atoms with Crippen molar-refractivity contribution in [1.29, 1.82) is 0 Å². The molecule has 5 aromatic rings. The van der Waals surface area contributed by atoms with E-state index in [-0.39, 0.29) is 5.56 Å². The molecule has 0 aliphatic rings. The first-order valence-electron chi connectivity index (χ1n) is 11.2.